The van der Waals surface area contributed by atoms with Gasteiger partial charge in [0.05, 0.1) is 6.54 Å². The van der Waals surface area contributed by atoms with Crippen LogP contribution in [0.1, 0.15) is 46.6 Å². The van der Waals surface area contributed by atoms with Gasteiger partial charge in [-0.25, -0.2) is 4.79 Å². The fourth-order valence-corrected chi connectivity index (χ4v) is 3.59. The van der Waals surface area contributed by atoms with Gasteiger partial charge in [0.15, 0.2) is 5.52 Å². The van der Waals surface area contributed by atoms with Crippen LogP contribution in [0.15, 0.2) is 30.3 Å². The zero-order valence-corrected chi connectivity index (χ0v) is 23.7. The average Bonchev–Trinajstić information content (AvgIpc) is 2.79. The molecule has 1 aromatic rings. The van der Waals surface area contributed by atoms with Crippen molar-refractivity contribution in [3.8, 4) is 0 Å². The highest BCUT2D eigenvalue weighted by molar-refractivity contribution is 7.94. The topological polar surface area (TPSA) is 143 Å². The van der Waals surface area contributed by atoms with Gasteiger partial charge in [-0.05, 0) is 45.3 Å². The Hall–Kier alpha value is -2.94. The van der Waals surface area contributed by atoms with Crippen LogP contribution < -0.4 is 21.3 Å². The first-order chi connectivity index (χ1) is 17.2. The first-order valence-electron chi connectivity index (χ1n) is 12.3. The molecule has 3 atom stereocenters. The molecule has 0 heterocycles. The number of alkyl carbamates (subject to hydrolysis) is 1. The van der Waals surface area contributed by atoms with Crippen LogP contribution in [0.25, 0.3) is 0 Å². The summed E-state index contributed by atoms with van der Waals surface area (Å²) in [6.45, 7) is 10.3. The van der Waals surface area contributed by atoms with Crippen molar-refractivity contribution in [1.82, 2.24) is 21.3 Å². The molecule has 1 rings (SSSR count). The third-order valence-corrected chi connectivity index (χ3v) is 6.13. The van der Waals surface area contributed by atoms with E-state index in [1.165, 1.54) is 0 Å². The number of benzene rings is 1. The Morgan fingerprint density at radius 2 is 1.54 bits per heavy atom. The van der Waals surface area contributed by atoms with Crippen LogP contribution in [-0.2, 0) is 30.3 Å². The largest absolute Gasteiger partial charge is 0.444 e. The maximum atomic E-state index is 13.3. The normalized spacial score (nSPS) is 13.6. The lowest BCUT2D eigenvalue weighted by Crippen LogP contribution is -2.56. The number of carbonyl (C=O) groups is 5. The molecule has 4 amide bonds. The molecule has 0 saturated carbocycles. The standard InChI is InChI=1S/C25H40BN4O6P/c1-16(2)12-18(22(33)27-15-21(32)37(6)26)30-23(34)19(13-17-10-8-7-9-11-17)29-20(31)14-28-24(35)36-25(3,4)5/h7-11,16,18-19H,12-15,26H2,1-6H3,(H,27,33)(H,28,35)(H,29,31)(H,30,34). The number of hydrogen-bond acceptors (Lipinski definition) is 6. The molecule has 0 aromatic heterocycles. The van der Waals surface area contributed by atoms with Gasteiger partial charge in [0, 0.05) is 6.42 Å². The minimum absolute atomic E-state index is 0.0512. The Morgan fingerprint density at radius 3 is 2.08 bits per heavy atom. The molecule has 0 fully saturated rings. The summed E-state index contributed by atoms with van der Waals surface area (Å²) in [6, 6.07) is 7.24. The average molecular weight is 534 g/mol. The maximum Gasteiger partial charge on any atom is 0.408 e. The van der Waals surface area contributed by atoms with Crippen molar-refractivity contribution in [2.24, 2.45) is 5.92 Å². The molecule has 0 aliphatic rings. The summed E-state index contributed by atoms with van der Waals surface area (Å²) in [5.41, 5.74) is 0.0331. The van der Waals surface area contributed by atoms with Crippen LogP contribution in [-0.4, -0.2) is 74.3 Å². The fraction of sp³-hybridized carbons (Fsp3) is 0.560. The first kappa shape index (κ1) is 32.1. The number of carbonyl (C=O) groups excluding carboxylic acids is 5. The van der Waals surface area contributed by atoms with E-state index < -0.39 is 49.3 Å². The SMILES string of the molecule is BP(C)C(=O)CNC(=O)C(CC(C)C)NC(=O)C(Cc1ccccc1)NC(=O)CNC(=O)OC(C)(C)C. The van der Waals surface area contributed by atoms with E-state index >= 15 is 0 Å². The number of nitrogens with one attached hydrogen (secondary N) is 4. The van der Waals surface area contributed by atoms with Gasteiger partial charge in [-0.1, -0.05) is 52.0 Å². The van der Waals surface area contributed by atoms with Crippen molar-refractivity contribution in [2.45, 2.75) is 65.1 Å². The number of amides is 4. The summed E-state index contributed by atoms with van der Waals surface area (Å²) in [5.74, 6) is -1.50. The van der Waals surface area contributed by atoms with E-state index in [1.54, 1.807) is 20.8 Å². The summed E-state index contributed by atoms with van der Waals surface area (Å²) in [5, 5.41) is 10.4. The molecule has 10 nitrogen and oxygen atoms in total. The van der Waals surface area contributed by atoms with Gasteiger partial charge in [-0.2, -0.15) is 0 Å². The second kappa shape index (κ2) is 15.3. The highest BCUT2D eigenvalue weighted by Crippen LogP contribution is 2.22. The number of hydrogen-bond donors (Lipinski definition) is 4. The minimum Gasteiger partial charge on any atom is -0.444 e. The summed E-state index contributed by atoms with van der Waals surface area (Å²) in [6.07, 6.45) is -0.224. The first-order valence-corrected chi connectivity index (χ1v) is 14.5. The highest BCUT2D eigenvalue weighted by Gasteiger charge is 2.28. The van der Waals surface area contributed by atoms with Crippen molar-refractivity contribution in [3.63, 3.8) is 0 Å². The second-order valence-corrected chi connectivity index (χ2v) is 12.6. The van der Waals surface area contributed by atoms with Crippen LogP contribution in [0, 0.1) is 5.92 Å². The van der Waals surface area contributed by atoms with Gasteiger partial charge < -0.3 is 26.0 Å². The molecule has 0 bridgehead atoms. The summed E-state index contributed by atoms with van der Waals surface area (Å²) < 4.78 is 5.13. The zero-order valence-electron chi connectivity index (χ0n) is 22.8. The van der Waals surface area contributed by atoms with Gasteiger partial charge in [0.1, 0.15) is 31.8 Å². The predicted octanol–water partition coefficient (Wildman–Crippen LogP) is 1.07. The van der Waals surface area contributed by atoms with Crippen molar-refractivity contribution >= 4 is 44.7 Å². The molecule has 0 saturated heterocycles. The van der Waals surface area contributed by atoms with E-state index in [4.69, 9.17) is 4.74 Å². The Bertz CT molecular complexity index is 937. The molecule has 0 spiro atoms. The molecule has 4 N–H and O–H groups in total. The van der Waals surface area contributed by atoms with Crippen molar-refractivity contribution in [2.75, 3.05) is 19.8 Å². The van der Waals surface area contributed by atoms with E-state index in [1.807, 2.05) is 58.4 Å². The van der Waals surface area contributed by atoms with Gasteiger partial charge in [0.2, 0.25) is 17.7 Å². The smallest absolute Gasteiger partial charge is 0.408 e. The van der Waals surface area contributed by atoms with Crippen LogP contribution in [0.2, 0.25) is 0 Å². The highest BCUT2D eigenvalue weighted by atomic mass is 31.1. The molecule has 0 aliphatic carbocycles. The summed E-state index contributed by atoms with van der Waals surface area (Å²) >= 11 is 0. The van der Waals surface area contributed by atoms with Crippen LogP contribution in [0.5, 0.6) is 0 Å². The van der Waals surface area contributed by atoms with Gasteiger partial charge >= 0.3 is 6.09 Å². The molecule has 37 heavy (non-hydrogen) atoms. The third kappa shape index (κ3) is 13.8. The third-order valence-electron chi connectivity index (χ3n) is 4.98. The Labute approximate surface area is 221 Å². The molecule has 0 radical (unpaired) electrons. The number of ether oxygens (including phenoxy) is 1. The number of rotatable bonds is 13. The molecular formula is C25H40BN4O6P. The monoisotopic (exact) mass is 534 g/mol. The van der Waals surface area contributed by atoms with E-state index in [0.29, 0.717) is 6.42 Å². The molecule has 204 valence electrons. The molecular weight excluding hydrogens is 494 g/mol. The lowest BCUT2D eigenvalue weighted by atomic mass is 10.0. The molecule has 1 aromatic carbocycles. The van der Waals surface area contributed by atoms with Gasteiger partial charge in [0.25, 0.3) is 0 Å². The Kier molecular flexibility index (Phi) is 13.3. The summed E-state index contributed by atoms with van der Waals surface area (Å²) in [7, 11) is 0.974. The van der Waals surface area contributed by atoms with Crippen molar-refractivity contribution in [1.29, 1.82) is 0 Å². The van der Waals surface area contributed by atoms with E-state index in [-0.39, 0.29) is 31.0 Å². The van der Waals surface area contributed by atoms with Gasteiger partial charge in [-0.15, -0.1) is 0 Å². The van der Waals surface area contributed by atoms with Crippen LogP contribution in [0.3, 0.4) is 0 Å². The fourth-order valence-electron chi connectivity index (χ4n) is 3.19. The quantitative estimate of drug-likeness (QED) is 0.220. The van der Waals surface area contributed by atoms with E-state index in [2.05, 4.69) is 21.3 Å². The molecule has 3 unspecified atom stereocenters. The predicted molar refractivity (Wildman–Crippen MR) is 147 cm³/mol. The molecule has 0 aliphatic heterocycles. The van der Waals surface area contributed by atoms with Crippen LogP contribution in [0.4, 0.5) is 4.79 Å². The maximum absolute atomic E-state index is 13.3. The van der Waals surface area contributed by atoms with Crippen molar-refractivity contribution in [3.05, 3.63) is 35.9 Å². The second-order valence-electron chi connectivity index (χ2n) is 10.4. The Morgan fingerprint density at radius 1 is 0.919 bits per heavy atom. The van der Waals surface area contributed by atoms with Gasteiger partial charge in [-0.3, -0.25) is 19.2 Å². The molecule has 12 heteroatoms. The summed E-state index contributed by atoms with van der Waals surface area (Å²) in [4.78, 5) is 62.5. The van der Waals surface area contributed by atoms with Crippen molar-refractivity contribution < 1.29 is 28.7 Å². The lowest BCUT2D eigenvalue weighted by Gasteiger charge is -2.24. The van der Waals surface area contributed by atoms with Crippen LogP contribution >= 0.6 is 7.80 Å². The van der Waals surface area contributed by atoms with E-state index in [9.17, 15) is 24.0 Å². The van der Waals surface area contributed by atoms with E-state index in [0.717, 1.165) is 5.56 Å². The Balaban J connectivity index is 2.94. The zero-order chi connectivity index (χ0) is 28.2. The lowest BCUT2D eigenvalue weighted by molar-refractivity contribution is -0.132. The minimum atomic E-state index is -1.00.